The van der Waals surface area contributed by atoms with E-state index >= 15 is 0 Å². The summed E-state index contributed by atoms with van der Waals surface area (Å²) in [6, 6.07) is 0. The first-order valence-corrected chi connectivity index (χ1v) is 9.39. The number of carbonyl (C=O) groups is 2. The van der Waals surface area contributed by atoms with Crippen LogP contribution in [-0.2, 0) is 19.1 Å². The summed E-state index contributed by atoms with van der Waals surface area (Å²) in [5.74, 6) is -0.378. The minimum absolute atomic E-state index is 0.0356. The number of ether oxygens (including phenoxy) is 2. The van der Waals surface area contributed by atoms with Crippen molar-refractivity contribution in [1.29, 1.82) is 0 Å². The van der Waals surface area contributed by atoms with Crippen molar-refractivity contribution >= 4 is 11.9 Å². The molecule has 6 atom stereocenters. The molecular weight excluding hydrogens is 336 g/mol. The van der Waals surface area contributed by atoms with Gasteiger partial charge in [0.25, 0.3) is 0 Å². The Bertz CT molecular complexity index is 709. The highest BCUT2D eigenvalue weighted by molar-refractivity contribution is 5.93. The number of rotatable bonds is 3. The quantitative estimate of drug-likeness (QED) is 0.739. The van der Waals surface area contributed by atoms with Crippen LogP contribution in [-0.4, -0.2) is 47.6 Å². The lowest BCUT2D eigenvalue weighted by molar-refractivity contribution is -0.136. The van der Waals surface area contributed by atoms with E-state index in [1.165, 1.54) is 6.08 Å². The number of aliphatic hydroxyl groups is 2. The molecule has 4 aliphatic rings. The predicted molar refractivity (Wildman–Crippen MR) is 91.8 cm³/mol. The summed E-state index contributed by atoms with van der Waals surface area (Å²) in [5, 5.41) is 21.2. The maximum atomic E-state index is 12.2. The van der Waals surface area contributed by atoms with Crippen molar-refractivity contribution in [3.05, 3.63) is 23.3 Å². The highest BCUT2D eigenvalue weighted by atomic mass is 16.5. The molecule has 6 nitrogen and oxygen atoms in total. The first-order valence-electron chi connectivity index (χ1n) is 9.39. The van der Waals surface area contributed by atoms with Crippen LogP contribution < -0.4 is 0 Å². The average molecular weight is 362 g/mol. The van der Waals surface area contributed by atoms with E-state index in [1.54, 1.807) is 6.08 Å². The molecule has 0 bridgehead atoms. The van der Waals surface area contributed by atoms with Gasteiger partial charge in [0.2, 0.25) is 0 Å². The first-order chi connectivity index (χ1) is 12.3. The zero-order valence-electron chi connectivity index (χ0n) is 15.2. The van der Waals surface area contributed by atoms with E-state index in [-0.39, 0.29) is 29.3 Å². The predicted octanol–water partition coefficient (Wildman–Crippen LogP) is 1.51. The molecule has 1 saturated carbocycles. The smallest absolute Gasteiger partial charge is 0.334 e. The van der Waals surface area contributed by atoms with E-state index in [2.05, 4.69) is 13.8 Å². The van der Waals surface area contributed by atoms with Crippen LogP contribution in [0.4, 0.5) is 0 Å². The molecule has 2 aliphatic heterocycles. The van der Waals surface area contributed by atoms with Crippen molar-refractivity contribution in [3.8, 4) is 0 Å². The summed E-state index contributed by atoms with van der Waals surface area (Å²) in [5.41, 5.74) is 0.563. The zero-order valence-corrected chi connectivity index (χ0v) is 15.2. The Morgan fingerprint density at radius 1 is 1.35 bits per heavy atom. The second kappa shape index (κ2) is 5.92. The van der Waals surface area contributed by atoms with E-state index in [0.29, 0.717) is 36.5 Å². The number of esters is 2. The van der Waals surface area contributed by atoms with Crippen LogP contribution in [0.25, 0.3) is 0 Å². The highest BCUT2D eigenvalue weighted by Crippen LogP contribution is 2.64. The number of aliphatic hydroxyl groups excluding tert-OH is 2. The molecule has 0 amide bonds. The first kappa shape index (κ1) is 17.7. The van der Waals surface area contributed by atoms with Gasteiger partial charge in [-0.05, 0) is 49.0 Å². The van der Waals surface area contributed by atoms with E-state index < -0.39 is 18.2 Å². The molecular formula is C20H26O6. The summed E-state index contributed by atoms with van der Waals surface area (Å²) >= 11 is 0. The van der Waals surface area contributed by atoms with E-state index in [1.807, 2.05) is 0 Å². The third kappa shape index (κ3) is 2.46. The Balaban J connectivity index is 1.68. The molecule has 2 aliphatic carbocycles. The molecule has 1 spiro atoms. The fraction of sp³-hybridized carbons (Fsp3) is 0.700. The molecule has 1 saturated heterocycles. The van der Waals surface area contributed by atoms with Crippen molar-refractivity contribution in [3.63, 3.8) is 0 Å². The standard InChI is InChI=1S/C20H26O6/c1-11-3-4-20-10-26-18(24)14(20)6-13(21)7-16(20)19(11,2)8-15(22)12-5-17(23)25-9-12/h5-6,11,13,15-16,21-22H,3-4,7-10H2,1-2H3/t11-,13-,15?,16-,19+,20-/m1/s1. The summed E-state index contributed by atoms with van der Waals surface area (Å²) < 4.78 is 10.3. The lowest BCUT2D eigenvalue weighted by atomic mass is 9.46. The maximum Gasteiger partial charge on any atom is 0.334 e. The van der Waals surface area contributed by atoms with Gasteiger partial charge in [0.15, 0.2) is 0 Å². The van der Waals surface area contributed by atoms with Gasteiger partial charge in [0.1, 0.15) is 13.2 Å². The van der Waals surface area contributed by atoms with Gasteiger partial charge in [-0.1, -0.05) is 13.8 Å². The van der Waals surface area contributed by atoms with Crippen LogP contribution in [0.1, 0.15) is 39.5 Å². The minimum Gasteiger partial charge on any atom is -0.461 e. The molecule has 0 aromatic carbocycles. The molecule has 0 aromatic heterocycles. The Hall–Kier alpha value is -1.66. The third-order valence-electron chi connectivity index (χ3n) is 7.41. The Kier molecular flexibility index (Phi) is 4.04. The summed E-state index contributed by atoms with van der Waals surface area (Å²) in [6.07, 6.45) is 4.42. The summed E-state index contributed by atoms with van der Waals surface area (Å²) in [7, 11) is 0. The van der Waals surface area contributed by atoms with E-state index in [9.17, 15) is 19.8 Å². The van der Waals surface area contributed by atoms with Gasteiger partial charge in [0.05, 0.1) is 12.2 Å². The molecule has 26 heavy (non-hydrogen) atoms. The zero-order chi connectivity index (χ0) is 18.7. The fourth-order valence-corrected chi connectivity index (χ4v) is 5.70. The molecule has 0 aromatic rings. The molecule has 6 heteroatoms. The lowest BCUT2D eigenvalue weighted by Crippen LogP contribution is -2.54. The molecule has 142 valence electrons. The number of hydrogen-bond donors (Lipinski definition) is 2. The maximum absolute atomic E-state index is 12.2. The molecule has 4 rings (SSSR count). The van der Waals surface area contributed by atoms with Gasteiger partial charge < -0.3 is 19.7 Å². The number of cyclic esters (lactones) is 2. The lowest BCUT2D eigenvalue weighted by Gasteiger charge is -2.57. The van der Waals surface area contributed by atoms with Crippen LogP contribution in [0.15, 0.2) is 23.3 Å². The molecule has 2 fully saturated rings. The normalized spacial score (nSPS) is 43.0. The van der Waals surface area contributed by atoms with Gasteiger partial charge in [-0.2, -0.15) is 0 Å². The topological polar surface area (TPSA) is 93.1 Å². The van der Waals surface area contributed by atoms with Crippen LogP contribution in [0, 0.1) is 22.7 Å². The van der Waals surface area contributed by atoms with Gasteiger partial charge in [0, 0.05) is 22.6 Å². The molecule has 2 heterocycles. The second-order valence-corrected chi connectivity index (χ2v) is 8.66. The van der Waals surface area contributed by atoms with Crippen LogP contribution >= 0.6 is 0 Å². The van der Waals surface area contributed by atoms with Crippen molar-refractivity contribution in [2.45, 2.75) is 51.7 Å². The largest absolute Gasteiger partial charge is 0.461 e. The SMILES string of the molecule is C[C@@H]1CC[C@@]23COC(=O)C2=C[C@@H](O)C[C@@H]3[C@@]1(C)CC(O)C1=CC(=O)OC1. The number of carbonyl (C=O) groups excluding carboxylic acids is 2. The van der Waals surface area contributed by atoms with Gasteiger partial charge >= 0.3 is 11.9 Å². The van der Waals surface area contributed by atoms with E-state index in [4.69, 9.17) is 9.47 Å². The van der Waals surface area contributed by atoms with Crippen LogP contribution in [0.3, 0.4) is 0 Å². The monoisotopic (exact) mass is 362 g/mol. The third-order valence-corrected chi connectivity index (χ3v) is 7.41. The number of hydrogen-bond acceptors (Lipinski definition) is 6. The highest BCUT2D eigenvalue weighted by Gasteiger charge is 2.62. The van der Waals surface area contributed by atoms with Gasteiger partial charge in [-0.3, -0.25) is 0 Å². The molecule has 0 radical (unpaired) electrons. The van der Waals surface area contributed by atoms with Crippen LogP contribution in [0.5, 0.6) is 0 Å². The Morgan fingerprint density at radius 3 is 2.81 bits per heavy atom. The van der Waals surface area contributed by atoms with Gasteiger partial charge in [-0.25, -0.2) is 9.59 Å². The Labute approximate surface area is 152 Å². The minimum atomic E-state index is -0.770. The summed E-state index contributed by atoms with van der Waals surface area (Å²) in [4.78, 5) is 23.6. The van der Waals surface area contributed by atoms with Crippen molar-refractivity contribution in [2.24, 2.45) is 22.7 Å². The van der Waals surface area contributed by atoms with E-state index in [0.717, 1.165) is 12.8 Å². The second-order valence-electron chi connectivity index (χ2n) is 8.66. The summed E-state index contributed by atoms with van der Waals surface area (Å²) in [6.45, 7) is 4.81. The van der Waals surface area contributed by atoms with Crippen molar-refractivity contribution in [2.75, 3.05) is 13.2 Å². The fourth-order valence-electron chi connectivity index (χ4n) is 5.70. The van der Waals surface area contributed by atoms with Gasteiger partial charge in [-0.15, -0.1) is 0 Å². The molecule has 1 unspecified atom stereocenters. The average Bonchev–Trinajstić information content (AvgIpc) is 3.16. The molecule has 2 N–H and O–H groups in total. The van der Waals surface area contributed by atoms with Crippen molar-refractivity contribution < 1.29 is 29.3 Å². The Morgan fingerprint density at radius 2 is 2.12 bits per heavy atom. The van der Waals surface area contributed by atoms with Crippen molar-refractivity contribution in [1.82, 2.24) is 0 Å². The van der Waals surface area contributed by atoms with Crippen LogP contribution in [0.2, 0.25) is 0 Å².